The zero-order valence-electron chi connectivity index (χ0n) is 8.13. The summed E-state index contributed by atoms with van der Waals surface area (Å²) in [5, 5.41) is 3.13. The molecular weight excluding hydrogens is 178 g/mol. The van der Waals surface area contributed by atoms with Crippen molar-refractivity contribution in [3.8, 4) is 0 Å². The molecule has 0 saturated carbocycles. The lowest BCUT2D eigenvalue weighted by Crippen LogP contribution is -2.34. The van der Waals surface area contributed by atoms with E-state index < -0.39 is 0 Å². The highest BCUT2D eigenvalue weighted by Crippen LogP contribution is 1.90. The maximum Gasteiger partial charge on any atom is 0.216 e. The van der Waals surface area contributed by atoms with Crippen molar-refractivity contribution in [1.82, 2.24) is 5.32 Å². The second-order valence-electron chi connectivity index (χ2n) is 2.20. The average Bonchev–Trinajstić information content (AvgIpc) is 2.01. The number of nitrogens with one attached hydrogen (secondary N) is 1. The van der Waals surface area contributed by atoms with Crippen molar-refractivity contribution >= 4 is 12.4 Å². The summed E-state index contributed by atoms with van der Waals surface area (Å²) in [4.78, 5) is 0. The molecule has 0 spiro atoms. The maximum atomic E-state index is 5.25. The van der Waals surface area contributed by atoms with E-state index in [1.54, 1.807) is 0 Å². The van der Waals surface area contributed by atoms with Crippen LogP contribution >= 0.6 is 12.4 Å². The standard InChI is InChI=1S/C8H19NO2.ClH/c1-4-7-9-8(10-5-2)11-6-3;/h8-9H,4-7H2,1-3H3;1H. The molecule has 76 valence electrons. The Labute approximate surface area is 81.2 Å². The monoisotopic (exact) mass is 197 g/mol. The largest absolute Gasteiger partial charge is 0.340 e. The third kappa shape index (κ3) is 8.27. The third-order valence-electron chi connectivity index (χ3n) is 1.20. The van der Waals surface area contributed by atoms with Gasteiger partial charge in [-0.25, -0.2) is 0 Å². The van der Waals surface area contributed by atoms with Crippen molar-refractivity contribution in [2.24, 2.45) is 0 Å². The summed E-state index contributed by atoms with van der Waals surface area (Å²) < 4.78 is 10.5. The molecule has 0 aromatic carbocycles. The van der Waals surface area contributed by atoms with E-state index in [2.05, 4.69) is 12.2 Å². The molecule has 0 fully saturated rings. The van der Waals surface area contributed by atoms with Gasteiger partial charge in [-0.3, -0.25) is 5.32 Å². The van der Waals surface area contributed by atoms with Gasteiger partial charge in [-0.15, -0.1) is 12.4 Å². The SMILES string of the molecule is CCCNC(OCC)OCC.Cl. The topological polar surface area (TPSA) is 30.5 Å². The second kappa shape index (κ2) is 11.2. The van der Waals surface area contributed by atoms with Crippen LogP contribution in [0.25, 0.3) is 0 Å². The van der Waals surface area contributed by atoms with E-state index in [1.165, 1.54) is 0 Å². The predicted molar refractivity (Wildman–Crippen MR) is 52.6 cm³/mol. The van der Waals surface area contributed by atoms with Crippen molar-refractivity contribution in [3.05, 3.63) is 0 Å². The van der Waals surface area contributed by atoms with Gasteiger partial charge in [-0.05, 0) is 26.8 Å². The summed E-state index contributed by atoms with van der Waals surface area (Å²) in [6.07, 6.45) is 0.876. The molecule has 0 amide bonds. The van der Waals surface area contributed by atoms with Crippen molar-refractivity contribution < 1.29 is 9.47 Å². The van der Waals surface area contributed by atoms with Crippen LogP contribution in [0.3, 0.4) is 0 Å². The molecule has 0 aliphatic carbocycles. The van der Waals surface area contributed by atoms with Crippen molar-refractivity contribution in [1.29, 1.82) is 0 Å². The first-order valence-electron chi connectivity index (χ1n) is 4.31. The Morgan fingerprint density at radius 2 is 1.58 bits per heavy atom. The molecule has 12 heavy (non-hydrogen) atoms. The minimum atomic E-state index is -0.218. The minimum absolute atomic E-state index is 0. The molecule has 0 aromatic rings. The fraction of sp³-hybridized carbons (Fsp3) is 1.00. The fourth-order valence-corrected chi connectivity index (χ4v) is 0.731. The zero-order valence-corrected chi connectivity index (χ0v) is 8.95. The summed E-state index contributed by atoms with van der Waals surface area (Å²) in [5.74, 6) is 0. The van der Waals surface area contributed by atoms with E-state index in [-0.39, 0.29) is 18.8 Å². The van der Waals surface area contributed by atoms with Gasteiger partial charge in [0.1, 0.15) is 0 Å². The van der Waals surface area contributed by atoms with Gasteiger partial charge in [0.2, 0.25) is 6.41 Å². The summed E-state index contributed by atoms with van der Waals surface area (Å²) >= 11 is 0. The quantitative estimate of drug-likeness (QED) is 0.631. The van der Waals surface area contributed by atoms with E-state index in [0.717, 1.165) is 13.0 Å². The molecule has 0 saturated heterocycles. The van der Waals surface area contributed by atoms with Crippen LogP contribution in [0.1, 0.15) is 27.2 Å². The van der Waals surface area contributed by atoms with Crippen LogP contribution in [0, 0.1) is 0 Å². The Morgan fingerprint density at radius 3 is 1.92 bits per heavy atom. The minimum Gasteiger partial charge on any atom is -0.340 e. The number of rotatable bonds is 7. The average molecular weight is 198 g/mol. The first-order chi connectivity index (χ1) is 5.35. The Balaban J connectivity index is 0. The van der Waals surface area contributed by atoms with Crippen LogP contribution in [-0.4, -0.2) is 26.2 Å². The predicted octanol–water partition coefficient (Wildman–Crippen LogP) is 1.76. The molecule has 0 aliphatic rings. The molecule has 0 radical (unpaired) electrons. The van der Waals surface area contributed by atoms with Gasteiger partial charge in [0.05, 0.1) is 0 Å². The third-order valence-corrected chi connectivity index (χ3v) is 1.20. The molecule has 4 heteroatoms. The van der Waals surface area contributed by atoms with Gasteiger partial charge in [-0.1, -0.05) is 6.92 Å². The van der Waals surface area contributed by atoms with Crippen LogP contribution in [0.2, 0.25) is 0 Å². The van der Waals surface area contributed by atoms with Crippen LogP contribution in [-0.2, 0) is 9.47 Å². The second-order valence-corrected chi connectivity index (χ2v) is 2.20. The highest BCUT2D eigenvalue weighted by atomic mass is 35.5. The Kier molecular flexibility index (Phi) is 13.7. The number of hydrogen-bond donors (Lipinski definition) is 1. The Hall–Kier alpha value is 0.170. The molecule has 0 aromatic heterocycles. The fourth-order valence-electron chi connectivity index (χ4n) is 0.731. The zero-order chi connectivity index (χ0) is 8.53. The number of halogens is 1. The van der Waals surface area contributed by atoms with Gasteiger partial charge in [0.15, 0.2) is 0 Å². The first kappa shape index (κ1) is 14.7. The lowest BCUT2D eigenvalue weighted by atomic mass is 10.5. The highest BCUT2D eigenvalue weighted by Gasteiger charge is 2.03. The van der Waals surface area contributed by atoms with Gasteiger partial charge in [0.25, 0.3) is 0 Å². The molecule has 1 N–H and O–H groups in total. The van der Waals surface area contributed by atoms with E-state index in [4.69, 9.17) is 9.47 Å². The van der Waals surface area contributed by atoms with Crippen LogP contribution < -0.4 is 5.32 Å². The molecule has 0 heterocycles. The summed E-state index contributed by atoms with van der Waals surface area (Å²) in [7, 11) is 0. The van der Waals surface area contributed by atoms with E-state index in [0.29, 0.717) is 13.2 Å². The lowest BCUT2D eigenvalue weighted by molar-refractivity contribution is -0.154. The summed E-state index contributed by atoms with van der Waals surface area (Å²) in [6.45, 7) is 8.33. The van der Waals surface area contributed by atoms with Gasteiger partial charge < -0.3 is 9.47 Å². The summed E-state index contributed by atoms with van der Waals surface area (Å²) in [5.41, 5.74) is 0. The Morgan fingerprint density at radius 1 is 1.08 bits per heavy atom. The molecular formula is C8H20ClNO2. The molecule has 3 nitrogen and oxygen atoms in total. The van der Waals surface area contributed by atoms with Gasteiger partial charge in [0, 0.05) is 13.2 Å². The molecule has 0 rings (SSSR count). The highest BCUT2D eigenvalue weighted by molar-refractivity contribution is 5.85. The van der Waals surface area contributed by atoms with Crippen molar-refractivity contribution in [2.75, 3.05) is 19.8 Å². The lowest BCUT2D eigenvalue weighted by Gasteiger charge is -2.17. The molecule has 0 aliphatic heterocycles. The Bertz CT molecular complexity index is 77.5. The maximum absolute atomic E-state index is 5.25. The molecule has 0 unspecified atom stereocenters. The summed E-state index contributed by atoms with van der Waals surface area (Å²) in [6, 6.07) is 0. The smallest absolute Gasteiger partial charge is 0.216 e. The van der Waals surface area contributed by atoms with E-state index in [9.17, 15) is 0 Å². The van der Waals surface area contributed by atoms with Crippen LogP contribution in [0.4, 0.5) is 0 Å². The van der Waals surface area contributed by atoms with E-state index in [1.807, 2.05) is 13.8 Å². The molecule has 0 bridgehead atoms. The number of hydrogen-bond acceptors (Lipinski definition) is 3. The van der Waals surface area contributed by atoms with Crippen LogP contribution in [0.5, 0.6) is 0 Å². The normalized spacial score (nSPS) is 10.0. The first-order valence-corrected chi connectivity index (χ1v) is 4.31. The van der Waals surface area contributed by atoms with Crippen molar-refractivity contribution in [2.45, 2.75) is 33.6 Å². The van der Waals surface area contributed by atoms with Gasteiger partial charge >= 0.3 is 0 Å². The van der Waals surface area contributed by atoms with Crippen molar-refractivity contribution in [3.63, 3.8) is 0 Å². The number of ether oxygens (including phenoxy) is 2. The van der Waals surface area contributed by atoms with Gasteiger partial charge in [-0.2, -0.15) is 0 Å². The molecule has 0 atom stereocenters. The van der Waals surface area contributed by atoms with E-state index >= 15 is 0 Å². The van der Waals surface area contributed by atoms with Crippen LogP contribution in [0.15, 0.2) is 0 Å².